The van der Waals surface area contributed by atoms with Crippen molar-refractivity contribution in [2.45, 2.75) is 18.9 Å². The maximum Gasteiger partial charge on any atom is 0.150 e. The Labute approximate surface area is 130 Å². The number of piperidine rings is 1. The lowest BCUT2D eigenvalue weighted by Gasteiger charge is -2.29. The molecule has 6 heteroatoms. The van der Waals surface area contributed by atoms with Crippen LogP contribution in [0.15, 0.2) is 18.2 Å². The maximum absolute atomic E-state index is 13.9. The number of nitrogens with one attached hydrogen (secondary N) is 1. The van der Waals surface area contributed by atoms with Crippen molar-refractivity contribution in [2.24, 2.45) is 5.92 Å². The van der Waals surface area contributed by atoms with Gasteiger partial charge < -0.3 is 25.2 Å². The Morgan fingerprint density at radius 1 is 1.41 bits per heavy atom. The molecule has 22 heavy (non-hydrogen) atoms. The summed E-state index contributed by atoms with van der Waals surface area (Å²) in [4.78, 5) is 2.29. The third-order valence-corrected chi connectivity index (χ3v) is 4.01. The number of para-hydroxylation sites is 1. The van der Waals surface area contributed by atoms with Gasteiger partial charge in [0.05, 0.1) is 19.3 Å². The molecule has 1 aliphatic rings. The van der Waals surface area contributed by atoms with Gasteiger partial charge in [-0.1, -0.05) is 6.07 Å². The molecule has 0 aliphatic carbocycles. The first-order valence-electron chi connectivity index (χ1n) is 7.72. The number of hydrogen-bond donors (Lipinski definition) is 3. The van der Waals surface area contributed by atoms with E-state index in [-0.39, 0.29) is 18.8 Å². The number of hydrogen-bond acceptors (Lipinski definition) is 5. The maximum atomic E-state index is 13.9. The van der Waals surface area contributed by atoms with Crippen molar-refractivity contribution in [3.05, 3.63) is 24.0 Å². The molecule has 1 aliphatic heterocycles. The minimum Gasteiger partial charge on any atom is -0.491 e. The van der Waals surface area contributed by atoms with Crippen LogP contribution in [-0.2, 0) is 0 Å². The van der Waals surface area contributed by atoms with Gasteiger partial charge in [-0.15, -0.1) is 0 Å². The Morgan fingerprint density at radius 2 is 2.14 bits per heavy atom. The fourth-order valence-corrected chi connectivity index (χ4v) is 2.52. The molecule has 1 heterocycles. The van der Waals surface area contributed by atoms with Crippen molar-refractivity contribution < 1.29 is 19.3 Å². The highest BCUT2D eigenvalue weighted by molar-refractivity contribution is 5.57. The van der Waals surface area contributed by atoms with E-state index in [1.165, 1.54) is 6.07 Å². The summed E-state index contributed by atoms with van der Waals surface area (Å²) in [6, 6.07) is 4.66. The zero-order valence-electron chi connectivity index (χ0n) is 13.0. The molecule has 1 saturated heterocycles. The second-order valence-electron chi connectivity index (χ2n) is 5.89. The smallest absolute Gasteiger partial charge is 0.150 e. The summed E-state index contributed by atoms with van der Waals surface area (Å²) in [5.41, 5.74) is 0.239. The number of aliphatic hydroxyl groups excluding tert-OH is 2. The van der Waals surface area contributed by atoms with Gasteiger partial charge in [-0.25, -0.2) is 4.39 Å². The Morgan fingerprint density at radius 3 is 2.82 bits per heavy atom. The average molecular weight is 312 g/mol. The van der Waals surface area contributed by atoms with Crippen LogP contribution in [0, 0.1) is 11.7 Å². The number of aliphatic hydroxyl groups is 2. The van der Waals surface area contributed by atoms with Crippen LogP contribution in [-0.4, -0.2) is 61.1 Å². The fraction of sp³-hybridized carbons (Fsp3) is 0.625. The molecule has 0 spiro atoms. The average Bonchev–Trinajstić information content (AvgIpc) is 2.53. The van der Waals surface area contributed by atoms with E-state index in [0.29, 0.717) is 18.3 Å². The van der Waals surface area contributed by atoms with Crippen LogP contribution in [0.4, 0.5) is 10.1 Å². The van der Waals surface area contributed by atoms with Gasteiger partial charge in [0.2, 0.25) is 0 Å². The van der Waals surface area contributed by atoms with Crippen LogP contribution in [0.25, 0.3) is 0 Å². The minimum atomic E-state index is -0.929. The summed E-state index contributed by atoms with van der Waals surface area (Å²) < 4.78 is 19.7. The van der Waals surface area contributed by atoms with Gasteiger partial charge in [-0.3, -0.25) is 0 Å². The van der Waals surface area contributed by atoms with E-state index in [2.05, 4.69) is 17.3 Å². The van der Waals surface area contributed by atoms with Crippen LogP contribution >= 0.6 is 0 Å². The summed E-state index contributed by atoms with van der Waals surface area (Å²) in [6.07, 6.45) is 1.23. The highest BCUT2D eigenvalue weighted by Gasteiger charge is 2.18. The molecule has 3 N–H and O–H groups in total. The van der Waals surface area contributed by atoms with Crippen LogP contribution < -0.4 is 10.1 Å². The summed E-state index contributed by atoms with van der Waals surface area (Å²) >= 11 is 0. The molecular formula is C16H25FN2O3. The lowest BCUT2D eigenvalue weighted by molar-refractivity contribution is 0.105. The van der Waals surface area contributed by atoms with Crippen LogP contribution in [0.5, 0.6) is 5.75 Å². The Kier molecular flexibility index (Phi) is 6.42. The summed E-state index contributed by atoms with van der Waals surface area (Å²) in [6.45, 7) is 2.39. The molecule has 0 radical (unpaired) electrons. The standard InChI is InChI=1S/C16H25FN2O3/c1-19-7-5-12(6-8-19)11-22-15-4-2-3-14(17)16(15)18-9-13(21)10-20/h2-4,12-13,18,20-21H,5-11H2,1H3. The van der Waals surface area contributed by atoms with Crippen molar-refractivity contribution in [1.82, 2.24) is 4.90 Å². The highest BCUT2D eigenvalue weighted by Crippen LogP contribution is 2.28. The van der Waals surface area contributed by atoms with Gasteiger partial charge >= 0.3 is 0 Å². The van der Waals surface area contributed by atoms with E-state index in [0.717, 1.165) is 25.9 Å². The quantitative estimate of drug-likeness (QED) is 0.708. The van der Waals surface area contributed by atoms with Gasteiger partial charge in [0.25, 0.3) is 0 Å². The largest absolute Gasteiger partial charge is 0.491 e. The molecule has 0 amide bonds. The topological polar surface area (TPSA) is 65.0 Å². The zero-order chi connectivity index (χ0) is 15.9. The first-order valence-corrected chi connectivity index (χ1v) is 7.72. The number of anilines is 1. The first-order chi connectivity index (χ1) is 10.6. The Bertz CT molecular complexity index is 465. The SMILES string of the molecule is CN1CCC(COc2cccc(F)c2NCC(O)CO)CC1. The Balaban J connectivity index is 1.93. The van der Waals surface area contributed by atoms with Gasteiger partial charge in [-0.2, -0.15) is 0 Å². The van der Waals surface area contributed by atoms with Crippen molar-refractivity contribution in [2.75, 3.05) is 45.2 Å². The second-order valence-corrected chi connectivity index (χ2v) is 5.89. The van der Waals surface area contributed by atoms with Crippen molar-refractivity contribution in [1.29, 1.82) is 0 Å². The minimum absolute atomic E-state index is 0.0714. The normalized spacial score (nSPS) is 18.2. The lowest BCUT2D eigenvalue weighted by Crippen LogP contribution is -2.32. The predicted molar refractivity (Wildman–Crippen MR) is 83.7 cm³/mol. The number of ether oxygens (including phenoxy) is 1. The third kappa shape index (κ3) is 4.83. The number of rotatable bonds is 7. The van der Waals surface area contributed by atoms with E-state index in [1.54, 1.807) is 12.1 Å². The second kappa shape index (κ2) is 8.31. The molecule has 5 nitrogen and oxygen atoms in total. The highest BCUT2D eigenvalue weighted by atomic mass is 19.1. The summed E-state index contributed by atoms with van der Waals surface area (Å²) in [5, 5.41) is 21.0. The molecule has 1 atom stereocenters. The molecular weight excluding hydrogens is 287 g/mol. The molecule has 1 aromatic carbocycles. The van der Waals surface area contributed by atoms with Crippen LogP contribution in [0.2, 0.25) is 0 Å². The molecule has 0 aromatic heterocycles. The van der Waals surface area contributed by atoms with Gasteiger partial charge in [0.15, 0.2) is 0 Å². The zero-order valence-corrected chi connectivity index (χ0v) is 13.0. The van der Waals surface area contributed by atoms with E-state index in [9.17, 15) is 9.50 Å². The third-order valence-electron chi connectivity index (χ3n) is 4.01. The van der Waals surface area contributed by atoms with E-state index in [4.69, 9.17) is 9.84 Å². The Hall–Kier alpha value is -1.37. The molecule has 2 rings (SSSR count). The van der Waals surface area contributed by atoms with Gasteiger partial charge in [0.1, 0.15) is 17.3 Å². The van der Waals surface area contributed by atoms with Crippen LogP contribution in [0.3, 0.4) is 0 Å². The lowest BCUT2D eigenvalue weighted by atomic mass is 9.98. The first kappa shape index (κ1) is 17.0. The van der Waals surface area contributed by atoms with E-state index in [1.807, 2.05) is 0 Å². The van der Waals surface area contributed by atoms with Gasteiger partial charge in [0, 0.05) is 6.54 Å². The van der Waals surface area contributed by atoms with Crippen LogP contribution in [0.1, 0.15) is 12.8 Å². The molecule has 0 saturated carbocycles. The fourth-order valence-electron chi connectivity index (χ4n) is 2.52. The number of benzene rings is 1. The predicted octanol–water partition coefficient (Wildman–Crippen LogP) is 1.31. The van der Waals surface area contributed by atoms with E-state index < -0.39 is 11.9 Å². The summed E-state index contributed by atoms with van der Waals surface area (Å²) in [7, 11) is 2.11. The molecule has 1 fully saturated rings. The van der Waals surface area contributed by atoms with E-state index >= 15 is 0 Å². The molecule has 0 bridgehead atoms. The molecule has 1 unspecified atom stereocenters. The van der Waals surface area contributed by atoms with Crippen molar-refractivity contribution in [3.63, 3.8) is 0 Å². The number of halogens is 1. The number of nitrogens with zero attached hydrogens (tertiary/aromatic N) is 1. The monoisotopic (exact) mass is 312 g/mol. The molecule has 1 aromatic rings. The number of likely N-dealkylation sites (tertiary alicyclic amines) is 1. The van der Waals surface area contributed by atoms with Gasteiger partial charge in [-0.05, 0) is 51.0 Å². The summed E-state index contributed by atoms with van der Waals surface area (Å²) in [5.74, 6) is 0.505. The van der Waals surface area contributed by atoms with Crippen molar-refractivity contribution >= 4 is 5.69 Å². The van der Waals surface area contributed by atoms with Crippen molar-refractivity contribution in [3.8, 4) is 5.75 Å². The molecule has 124 valence electrons.